The summed E-state index contributed by atoms with van der Waals surface area (Å²) in [4.78, 5) is 17.4. The van der Waals surface area contributed by atoms with E-state index in [4.69, 9.17) is 21.7 Å². The zero-order chi connectivity index (χ0) is 26.6. The summed E-state index contributed by atoms with van der Waals surface area (Å²) in [5.74, 6) is -0.529. The summed E-state index contributed by atoms with van der Waals surface area (Å²) >= 11 is 5.39. The van der Waals surface area contributed by atoms with E-state index < -0.39 is 18.1 Å². The highest BCUT2D eigenvalue weighted by molar-refractivity contribution is 7.80. The van der Waals surface area contributed by atoms with Crippen molar-refractivity contribution in [3.63, 3.8) is 0 Å². The van der Waals surface area contributed by atoms with Crippen LogP contribution in [0.5, 0.6) is 11.5 Å². The Hall–Kier alpha value is -3.45. The van der Waals surface area contributed by atoms with Crippen LogP contribution in [0.3, 0.4) is 0 Å². The Morgan fingerprint density at radius 2 is 1.53 bits per heavy atom. The van der Waals surface area contributed by atoms with E-state index in [9.17, 15) is 9.90 Å². The van der Waals surface area contributed by atoms with E-state index in [2.05, 4.69) is 74.4 Å². The minimum absolute atomic E-state index is 0.129. The molecule has 2 aromatic carbocycles. The number of hydrogen-bond donors (Lipinski definition) is 2. The summed E-state index contributed by atoms with van der Waals surface area (Å²) in [7, 11) is 1.44. The monoisotopic (exact) mass is 506 g/mol. The molecule has 0 saturated heterocycles. The first-order valence-electron chi connectivity index (χ1n) is 11.9. The molecular formula is C29H34N2O4S. The number of thiocarbonyl (C=S) groups is 1. The van der Waals surface area contributed by atoms with Crippen LogP contribution in [-0.2, 0) is 9.53 Å². The van der Waals surface area contributed by atoms with Gasteiger partial charge in [0.2, 0.25) is 0 Å². The molecule has 1 aromatic heterocycles. The predicted molar refractivity (Wildman–Crippen MR) is 146 cm³/mol. The third-order valence-electron chi connectivity index (χ3n) is 6.32. The Morgan fingerprint density at radius 3 is 2.03 bits per heavy atom. The number of carbonyl (C=O) groups excluding carboxylic acids is 1. The zero-order valence-electron chi connectivity index (χ0n) is 21.9. The normalized spacial score (nSPS) is 12.7. The van der Waals surface area contributed by atoms with Crippen LogP contribution in [0.15, 0.2) is 48.7 Å². The van der Waals surface area contributed by atoms with Crippen molar-refractivity contribution in [2.24, 2.45) is 0 Å². The number of aryl methyl sites for hydroxylation is 4. The van der Waals surface area contributed by atoms with Gasteiger partial charge in [-0.3, -0.25) is 0 Å². The minimum atomic E-state index is -0.758. The molecule has 0 aliphatic carbocycles. The van der Waals surface area contributed by atoms with Gasteiger partial charge in [0.05, 0.1) is 7.11 Å². The number of nitrogens with one attached hydrogen (secondary N) is 1. The standard InChI is InChI=1S/C29H34N2O4S/c1-16-8-10-22(18(3)14-16)25(23-11-9-17(2)15-19(23)4)21(6)35-29(33)20(5)31-28(36)26-27(32)24(34-7)12-13-30-26/h8-15,20-21,25,32H,1-7H3,(H,31,36)/t20-,21-/m0/s1. The Morgan fingerprint density at radius 1 is 0.972 bits per heavy atom. The van der Waals surface area contributed by atoms with E-state index in [-0.39, 0.29) is 28.1 Å². The first-order valence-corrected chi connectivity index (χ1v) is 12.3. The minimum Gasteiger partial charge on any atom is -0.503 e. The fraction of sp³-hybridized carbons (Fsp3) is 0.345. The van der Waals surface area contributed by atoms with Crippen molar-refractivity contribution < 1.29 is 19.4 Å². The molecule has 190 valence electrons. The largest absolute Gasteiger partial charge is 0.503 e. The number of rotatable bonds is 8. The number of pyridine rings is 1. The van der Waals surface area contributed by atoms with Gasteiger partial charge < -0.3 is 19.9 Å². The fourth-order valence-electron chi connectivity index (χ4n) is 4.47. The number of esters is 1. The Balaban J connectivity index is 1.84. The van der Waals surface area contributed by atoms with Gasteiger partial charge in [0, 0.05) is 18.2 Å². The number of benzene rings is 2. The summed E-state index contributed by atoms with van der Waals surface area (Å²) in [5.41, 5.74) is 7.04. The third-order valence-corrected chi connectivity index (χ3v) is 6.63. The average molecular weight is 507 g/mol. The summed E-state index contributed by atoms with van der Waals surface area (Å²) in [6.45, 7) is 11.9. The lowest BCUT2D eigenvalue weighted by Gasteiger charge is -2.29. The molecule has 0 radical (unpaired) electrons. The second-order valence-electron chi connectivity index (χ2n) is 9.25. The molecule has 0 amide bonds. The van der Waals surface area contributed by atoms with Crippen LogP contribution in [0.1, 0.15) is 58.8 Å². The summed E-state index contributed by atoms with van der Waals surface area (Å²) in [6.07, 6.45) is 1.03. The van der Waals surface area contributed by atoms with Crippen molar-refractivity contribution in [1.29, 1.82) is 0 Å². The molecule has 3 aromatic rings. The SMILES string of the molecule is COc1ccnc(C(=S)N[C@@H](C)C(=O)O[C@@H](C)C(c2ccc(C)cc2C)c2ccc(C)cc2C)c1O. The molecular weight excluding hydrogens is 472 g/mol. The van der Waals surface area contributed by atoms with E-state index in [1.54, 1.807) is 6.92 Å². The highest BCUT2D eigenvalue weighted by atomic mass is 32.1. The number of ether oxygens (including phenoxy) is 2. The highest BCUT2D eigenvalue weighted by Gasteiger charge is 2.29. The maximum atomic E-state index is 13.1. The van der Waals surface area contributed by atoms with Crippen LogP contribution in [0.25, 0.3) is 0 Å². The third kappa shape index (κ3) is 6.02. The van der Waals surface area contributed by atoms with Crippen molar-refractivity contribution >= 4 is 23.2 Å². The van der Waals surface area contributed by atoms with Crippen molar-refractivity contribution in [3.05, 3.63) is 87.7 Å². The van der Waals surface area contributed by atoms with Gasteiger partial charge in [0.15, 0.2) is 11.5 Å². The first-order chi connectivity index (χ1) is 17.0. The number of aromatic hydroxyl groups is 1. The highest BCUT2D eigenvalue weighted by Crippen LogP contribution is 2.35. The van der Waals surface area contributed by atoms with Crippen molar-refractivity contribution in [2.75, 3.05) is 7.11 Å². The Bertz CT molecular complexity index is 1220. The summed E-state index contributed by atoms with van der Waals surface area (Å²) in [5, 5.41) is 13.3. The molecule has 36 heavy (non-hydrogen) atoms. The van der Waals surface area contributed by atoms with Crippen molar-refractivity contribution in [3.8, 4) is 11.5 Å². The lowest BCUT2D eigenvalue weighted by molar-refractivity contribution is -0.150. The molecule has 1 heterocycles. The molecule has 0 unspecified atom stereocenters. The smallest absolute Gasteiger partial charge is 0.328 e. The Kier molecular flexibility index (Phi) is 8.69. The molecule has 6 nitrogen and oxygen atoms in total. The molecule has 7 heteroatoms. The lowest BCUT2D eigenvalue weighted by Crippen LogP contribution is -2.41. The molecule has 0 aliphatic heterocycles. The Labute approximate surface area is 218 Å². The molecule has 0 saturated carbocycles. The van der Waals surface area contributed by atoms with Gasteiger partial charge in [-0.2, -0.15) is 0 Å². The maximum Gasteiger partial charge on any atom is 0.328 e. The van der Waals surface area contributed by atoms with E-state index in [0.29, 0.717) is 0 Å². The van der Waals surface area contributed by atoms with Crippen molar-refractivity contribution in [1.82, 2.24) is 10.3 Å². The van der Waals surface area contributed by atoms with Gasteiger partial charge in [0.1, 0.15) is 22.8 Å². The number of nitrogens with zero attached hydrogens (tertiary/aromatic N) is 1. The van der Waals surface area contributed by atoms with Crippen LogP contribution >= 0.6 is 12.2 Å². The van der Waals surface area contributed by atoms with Gasteiger partial charge >= 0.3 is 5.97 Å². The molecule has 0 aliphatic rings. The maximum absolute atomic E-state index is 13.1. The molecule has 0 bridgehead atoms. The zero-order valence-corrected chi connectivity index (χ0v) is 22.7. The van der Waals surface area contributed by atoms with Crippen LogP contribution in [-0.4, -0.2) is 40.3 Å². The molecule has 2 atom stereocenters. The molecule has 3 rings (SSSR count). The number of hydrogen-bond acceptors (Lipinski definition) is 6. The predicted octanol–water partition coefficient (Wildman–Crippen LogP) is 5.45. The quantitative estimate of drug-likeness (QED) is 0.311. The second kappa shape index (κ2) is 11.5. The van der Waals surface area contributed by atoms with E-state index in [0.717, 1.165) is 22.3 Å². The number of methoxy groups -OCH3 is 1. The topological polar surface area (TPSA) is 80.7 Å². The van der Waals surface area contributed by atoms with Crippen LogP contribution in [0.4, 0.5) is 0 Å². The number of aromatic nitrogens is 1. The van der Waals surface area contributed by atoms with E-state index >= 15 is 0 Å². The second-order valence-corrected chi connectivity index (χ2v) is 9.65. The fourth-order valence-corrected chi connectivity index (χ4v) is 4.79. The van der Waals surface area contributed by atoms with Gasteiger partial charge in [-0.05, 0) is 63.8 Å². The van der Waals surface area contributed by atoms with Gasteiger partial charge in [-0.25, -0.2) is 9.78 Å². The number of carbonyl (C=O) groups is 1. The van der Waals surface area contributed by atoms with E-state index in [1.807, 2.05) is 6.92 Å². The molecule has 2 N–H and O–H groups in total. The van der Waals surface area contributed by atoms with Crippen molar-refractivity contribution in [2.45, 2.75) is 59.6 Å². The lowest BCUT2D eigenvalue weighted by atomic mass is 9.82. The van der Waals surface area contributed by atoms with Gasteiger partial charge in [0.25, 0.3) is 0 Å². The van der Waals surface area contributed by atoms with Crippen LogP contribution in [0, 0.1) is 27.7 Å². The van der Waals surface area contributed by atoms with Crippen LogP contribution in [0.2, 0.25) is 0 Å². The van der Waals surface area contributed by atoms with Crippen LogP contribution < -0.4 is 10.1 Å². The first kappa shape index (κ1) is 27.1. The molecule has 0 spiro atoms. The average Bonchev–Trinajstić information content (AvgIpc) is 2.81. The van der Waals surface area contributed by atoms with E-state index in [1.165, 1.54) is 30.5 Å². The summed E-state index contributed by atoms with van der Waals surface area (Å²) < 4.78 is 11.1. The molecule has 0 fully saturated rings. The van der Waals surface area contributed by atoms with Gasteiger partial charge in [-0.15, -0.1) is 0 Å². The van der Waals surface area contributed by atoms with Gasteiger partial charge in [-0.1, -0.05) is 59.7 Å². The summed E-state index contributed by atoms with van der Waals surface area (Å²) in [6, 6.07) is 13.5.